The molecule has 1 rings (SSSR count). The molecule has 5 heteroatoms. The normalized spacial score (nSPS) is 30.4. The van der Waals surface area contributed by atoms with Gasteiger partial charge in [-0.25, -0.2) is 0 Å². The van der Waals surface area contributed by atoms with Crippen LogP contribution in [0, 0.1) is 0 Å². The van der Waals surface area contributed by atoms with Crippen LogP contribution in [0.5, 0.6) is 0 Å². The molecule has 0 aliphatic carbocycles. The smallest absolute Gasteiger partial charge is 0.220 e. The molecule has 1 heterocycles. The minimum atomic E-state index is -1.37. The summed E-state index contributed by atoms with van der Waals surface area (Å²) in [7, 11) is -0.757. The minimum Gasteiger partial charge on any atom is -0.413 e. The molecule has 1 aliphatic rings. The molecule has 1 saturated heterocycles. The van der Waals surface area contributed by atoms with Gasteiger partial charge in [0, 0.05) is 0 Å². The van der Waals surface area contributed by atoms with Gasteiger partial charge in [-0.3, -0.25) is 0 Å². The van der Waals surface area contributed by atoms with E-state index in [-0.39, 0.29) is 11.6 Å². The van der Waals surface area contributed by atoms with Crippen molar-refractivity contribution in [1.82, 2.24) is 0 Å². The molecule has 1 unspecified atom stereocenters. The number of rotatable bonds is 3. The Morgan fingerprint density at radius 1 is 1.18 bits per heavy atom. The lowest BCUT2D eigenvalue weighted by Gasteiger charge is -2.40. The van der Waals surface area contributed by atoms with Crippen molar-refractivity contribution in [1.29, 1.82) is 0 Å². The summed E-state index contributed by atoms with van der Waals surface area (Å²) in [5.41, 5.74) is -0.750. The van der Waals surface area contributed by atoms with Gasteiger partial charge in [0.1, 0.15) is 12.2 Å². The fourth-order valence-electron chi connectivity index (χ4n) is 1.54. The standard InChI is InChI=1S/C12H26O4Si/c1-9(2,3)17-16-10(4,5)12(13)8-14-11(6,7)15-12/h13H,8,17H2,1-7H3. The summed E-state index contributed by atoms with van der Waals surface area (Å²) >= 11 is 0. The summed E-state index contributed by atoms with van der Waals surface area (Å²) in [5.74, 6) is -2.12. The Bertz CT molecular complexity index is 283. The largest absolute Gasteiger partial charge is 0.413 e. The molecule has 0 radical (unpaired) electrons. The van der Waals surface area contributed by atoms with Crippen LogP contribution in [0.3, 0.4) is 0 Å². The summed E-state index contributed by atoms with van der Waals surface area (Å²) in [6, 6.07) is 0. The molecule has 0 amide bonds. The van der Waals surface area contributed by atoms with Crippen molar-refractivity contribution >= 4 is 9.76 Å². The van der Waals surface area contributed by atoms with E-state index < -0.39 is 26.9 Å². The van der Waals surface area contributed by atoms with E-state index in [1.807, 2.05) is 13.8 Å². The minimum absolute atomic E-state index is 0.144. The first-order valence-corrected chi connectivity index (χ1v) is 7.36. The van der Waals surface area contributed by atoms with Gasteiger partial charge in [0.05, 0.1) is 0 Å². The first kappa shape index (κ1) is 15.1. The SMILES string of the molecule is CC1(C)OCC(O)(C(C)(C)O[SiH2]C(C)(C)C)O1. The zero-order valence-corrected chi connectivity index (χ0v) is 13.5. The van der Waals surface area contributed by atoms with Crippen molar-refractivity contribution in [2.24, 2.45) is 0 Å². The predicted molar refractivity (Wildman–Crippen MR) is 69.5 cm³/mol. The van der Waals surface area contributed by atoms with Gasteiger partial charge >= 0.3 is 0 Å². The highest BCUT2D eigenvalue weighted by Gasteiger charge is 2.54. The molecule has 0 spiro atoms. The van der Waals surface area contributed by atoms with Gasteiger partial charge < -0.3 is 19.0 Å². The van der Waals surface area contributed by atoms with Crippen molar-refractivity contribution in [2.45, 2.75) is 70.7 Å². The summed E-state index contributed by atoms with van der Waals surface area (Å²) in [6.45, 7) is 13.9. The van der Waals surface area contributed by atoms with E-state index in [1.165, 1.54) is 0 Å². The summed E-state index contributed by atoms with van der Waals surface area (Å²) in [4.78, 5) is 0. The zero-order valence-electron chi connectivity index (χ0n) is 12.1. The molecule has 17 heavy (non-hydrogen) atoms. The predicted octanol–water partition coefficient (Wildman–Crippen LogP) is 1.56. The van der Waals surface area contributed by atoms with Crippen LogP contribution in [0.25, 0.3) is 0 Å². The van der Waals surface area contributed by atoms with Crippen LogP contribution in [0.4, 0.5) is 0 Å². The lowest BCUT2D eigenvalue weighted by atomic mass is 9.99. The summed E-state index contributed by atoms with van der Waals surface area (Å²) in [6.07, 6.45) is 0. The molecule has 1 aliphatic heterocycles. The van der Waals surface area contributed by atoms with Crippen LogP contribution in [0.2, 0.25) is 5.04 Å². The van der Waals surface area contributed by atoms with Gasteiger partial charge in [-0.1, -0.05) is 20.8 Å². The molecule has 0 aromatic carbocycles. The zero-order chi connectivity index (χ0) is 13.5. The molecule has 0 bridgehead atoms. The maximum Gasteiger partial charge on any atom is 0.220 e. The van der Waals surface area contributed by atoms with E-state index in [2.05, 4.69) is 20.8 Å². The van der Waals surface area contributed by atoms with Gasteiger partial charge in [-0.05, 0) is 32.7 Å². The molecule has 1 fully saturated rings. The third-order valence-corrected chi connectivity index (χ3v) is 4.57. The van der Waals surface area contributed by atoms with E-state index in [0.717, 1.165) is 0 Å². The Morgan fingerprint density at radius 3 is 2.06 bits per heavy atom. The molecule has 1 N–H and O–H groups in total. The Balaban J connectivity index is 2.70. The monoisotopic (exact) mass is 262 g/mol. The number of ether oxygens (including phenoxy) is 2. The molecule has 0 aromatic heterocycles. The molecule has 0 saturated carbocycles. The van der Waals surface area contributed by atoms with E-state index in [9.17, 15) is 5.11 Å². The topological polar surface area (TPSA) is 47.9 Å². The average Bonchev–Trinajstić information content (AvgIpc) is 2.38. The van der Waals surface area contributed by atoms with E-state index in [4.69, 9.17) is 13.9 Å². The van der Waals surface area contributed by atoms with Crippen molar-refractivity contribution in [2.75, 3.05) is 6.61 Å². The summed E-state index contributed by atoms with van der Waals surface area (Å²) in [5, 5.41) is 10.7. The number of hydrogen-bond donors (Lipinski definition) is 1. The fourth-order valence-corrected chi connectivity index (χ4v) is 2.56. The van der Waals surface area contributed by atoms with E-state index in [1.54, 1.807) is 13.8 Å². The second kappa shape index (κ2) is 4.31. The average molecular weight is 262 g/mol. The van der Waals surface area contributed by atoms with Crippen LogP contribution >= 0.6 is 0 Å². The lowest BCUT2D eigenvalue weighted by Crippen LogP contribution is -2.55. The van der Waals surface area contributed by atoms with Gasteiger partial charge in [0.25, 0.3) is 0 Å². The van der Waals surface area contributed by atoms with Gasteiger partial charge in [-0.15, -0.1) is 0 Å². The van der Waals surface area contributed by atoms with Crippen LogP contribution in [-0.2, 0) is 13.9 Å². The Morgan fingerprint density at radius 2 is 1.71 bits per heavy atom. The molecule has 4 nitrogen and oxygen atoms in total. The Labute approximate surface area is 107 Å². The van der Waals surface area contributed by atoms with Crippen LogP contribution in [0.1, 0.15) is 48.5 Å². The third-order valence-electron chi connectivity index (χ3n) is 2.84. The number of aliphatic hydroxyl groups is 1. The Kier molecular flexibility index (Phi) is 3.83. The van der Waals surface area contributed by atoms with E-state index in [0.29, 0.717) is 0 Å². The van der Waals surface area contributed by atoms with Crippen LogP contribution in [-0.4, -0.2) is 38.7 Å². The molecule has 1 atom stereocenters. The second-order valence-corrected chi connectivity index (χ2v) is 9.63. The van der Waals surface area contributed by atoms with E-state index >= 15 is 0 Å². The van der Waals surface area contributed by atoms with Crippen molar-refractivity contribution in [3.63, 3.8) is 0 Å². The highest BCUT2D eigenvalue weighted by atomic mass is 28.2. The molecule has 102 valence electrons. The third kappa shape index (κ3) is 3.76. The first-order chi connectivity index (χ1) is 7.37. The Hall–Kier alpha value is 0.0569. The van der Waals surface area contributed by atoms with Gasteiger partial charge in [0.2, 0.25) is 5.79 Å². The van der Waals surface area contributed by atoms with Gasteiger partial charge in [-0.2, -0.15) is 0 Å². The molecular formula is C12H26O4Si. The maximum absolute atomic E-state index is 10.5. The second-order valence-electron chi connectivity index (χ2n) is 6.93. The highest BCUT2D eigenvalue weighted by molar-refractivity contribution is 6.31. The van der Waals surface area contributed by atoms with Crippen molar-refractivity contribution in [3.8, 4) is 0 Å². The fraction of sp³-hybridized carbons (Fsp3) is 1.00. The van der Waals surface area contributed by atoms with Gasteiger partial charge in [0.15, 0.2) is 15.6 Å². The maximum atomic E-state index is 10.5. The van der Waals surface area contributed by atoms with Crippen LogP contribution < -0.4 is 0 Å². The molecular weight excluding hydrogens is 236 g/mol. The lowest BCUT2D eigenvalue weighted by molar-refractivity contribution is -0.287. The highest BCUT2D eigenvalue weighted by Crippen LogP contribution is 2.39. The summed E-state index contributed by atoms with van der Waals surface area (Å²) < 4.78 is 17.0. The van der Waals surface area contributed by atoms with Crippen molar-refractivity contribution in [3.05, 3.63) is 0 Å². The number of hydrogen-bond acceptors (Lipinski definition) is 4. The van der Waals surface area contributed by atoms with Crippen LogP contribution in [0.15, 0.2) is 0 Å². The molecule has 0 aromatic rings. The first-order valence-electron chi connectivity index (χ1n) is 6.07. The quantitative estimate of drug-likeness (QED) is 0.784. The van der Waals surface area contributed by atoms with Crippen molar-refractivity contribution < 1.29 is 19.0 Å².